The van der Waals surface area contributed by atoms with E-state index in [4.69, 9.17) is 23.2 Å². The van der Waals surface area contributed by atoms with Crippen molar-refractivity contribution in [3.63, 3.8) is 0 Å². The van der Waals surface area contributed by atoms with Gasteiger partial charge >= 0.3 is 0 Å². The largest absolute Gasteiger partial charge is 0.235 e. The summed E-state index contributed by atoms with van der Waals surface area (Å²) >= 11 is 15.2. The highest BCUT2D eigenvalue weighted by molar-refractivity contribution is 9.10. The third-order valence-electron chi connectivity index (χ3n) is 1.98. The maximum absolute atomic E-state index is 5.94. The van der Waals surface area contributed by atoms with Crippen molar-refractivity contribution in [1.82, 2.24) is 4.98 Å². The van der Waals surface area contributed by atoms with E-state index in [2.05, 4.69) is 20.9 Å². The summed E-state index contributed by atoms with van der Waals surface area (Å²) in [6, 6.07) is 5.67. The van der Waals surface area contributed by atoms with Crippen molar-refractivity contribution in [1.29, 1.82) is 0 Å². The van der Waals surface area contributed by atoms with Gasteiger partial charge in [-0.3, -0.25) is 0 Å². The Kier molecular flexibility index (Phi) is 2.69. The average molecular weight is 291 g/mol. The zero-order valence-electron chi connectivity index (χ0n) is 7.31. The average Bonchev–Trinajstić information content (AvgIpc) is 2.08. The summed E-state index contributed by atoms with van der Waals surface area (Å²) in [7, 11) is 0. The fourth-order valence-corrected chi connectivity index (χ4v) is 2.13. The highest BCUT2D eigenvalue weighted by atomic mass is 79.9. The fourth-order valence-electron chi connectivity index (χ4n) is 1.37. The number of fused-ring (bicyclic) bond motifs is 1. The van der Waals surface area contributed by atoms with Crippen molar-refractivity contribution < 1.29 is 0 Å². The van der Waals surface area contributed by atoms with Gasteiger partial charge in [-0.2, -0.15) is 0 Å². The summed E-state index contributed by atoms with van der Waals surface area (Å²) in [5.41, 5.74) is 1.92. The van der Waals surface area contributed by atoms with Crippen LogP contribution in [0.1, 0.15) is 5.56 Å². The van der Waals surface area contributed by atoms with Crippen molar-refractivity contribution in [3.8, 4) is 0 Å². The van der Waals surface area contributed by atoms with Gasteiger partial charge < -0.3 is 0 Å². The molecule has 0 saturated carbocycles. The number of nitrogens with zero attached hydrogens (tertiary/aromatic N) is 1. The van der Waals surface area contributed by atoms with E-state index in [0.29, 0.717) is 10.2 Å². The zero-order valence-corrected chi connectivity index (χ0v) is 10.4. The molecule has 14 heavy (non-hydrogen) atoms. The monoisotopic (exact) mass is 289 g/mol. The lowest BCUT2D eigenvalue weighted by Gasteiger charge is -2.04. The molecule has 0 fully saturated rings. The molecule has 1 heterocycles. The van der Waals surface area contributed by atoms with Crippen molar-refractivity contribution in [2.24, 2.45) is 0 Å². The molecule has 4 heteroatoms. The number of hydrogen-bond acceptors (Lipinski definition) is 1. The molecule has 72 valence electrons. The molecule has 2 rings (SSSR count). The van der Waals surface area contributed by atoms with E-state index in [1.54, 1.807) is 0 Å². The van der Waals surface area contributed by atoms with Crippen LogP contribution in [0.4, 0.5) is 0 Å². The molecule has 0 aliphatic carbocycles. The second-order valence-electron chi connectivity index (χ2n) is 3.06. The van der Waals surface area contributed by atoms with Gasteiger partial charge in [0, 0.05) is 10.4 Å². The minimum atomic E-state index is 0.475. The van der Waals surface area contributed by atoms with E-state index in [9.17, 15) is 0 Å². The molecule has 1 aromatic heterocycles. The predicted molar refractivity (Wildman–Crippen MR) is 64.2 cm³/mol. The highest BCUT2D eigenvalue weighted by Gasteiger charge is 2.05. The molecular formula is C10H6BrCl2N. The van der Waals surface area contributed by atoms with Crippen molar-refractivity contribution in [3.05, 3.63) is 38.4 Å². The molecular weight excluding hydrogens is 285 g/mol. The van der Waals surface area contributed by atoms with Crippen LogP contribution in [0.15, 0.2) is 22.7 Å². The first-order valence-electron chi connectivity index (χ1n) is 4.00. The number of halogens is 3. The van der Waals surface area contributed by atoms with E-state index >= 15 is 0 Å². The Bertz CT molecular complexity index is 511. The number of benzene rings is 1. The molecule has 0 saturated heterocycles. The Morgan fingerprint density at radius 2 is 1.93 bits per heavy atom. The Balaban J connectivity index is 2.89. The van der Waals surface area contributed by atoms with Gasteiger partial charge in [0.2, 0.25) is 0 Å². The van der Waals surface area contributed by atoms with E-state index in [1.807, 2.05) is 25.1 Å². The fraction of sp³-hybridized carbons (Fsp3) is 0.100. The van der Waals surface area contributed by atoms with Crippen LogP contribution in [0, 0.1) is 6.92 Å². The van der Waals surface area contributed by atoms with Crippen LogP contribution in [-0.4, -0.2) is 4.98 Å². The van der Waals surface area contributed by atoms with Crippen LogP contribution >= 0.6 is 39.1 Å². The van der Waals surface area contributed by atoms with Gasteiger partial charge in [0.25, 0.3) is 0 Å². The Morgan fingerprint density at radius 3 is 2.64 bits per heavy atom. The topological polar surface area (TPSA) is 12.9 Å². The summed E-state index contributed by atoms with van der Waals surface area (Å²) in [6.45, 7) is 1.96. The smallest absolute Gasteiger partial charge is 0.143 e. The summed E-state index contributed by atoms with van der Waals surface area (Å²) in [6.07, 6.45) is 0. The van der Waals surface area contributed by atoms with Crippen molar-refractivity contribution >= 4 is 50.0 Å². The maximum Gasteiger partial charge on any atom is 0.143 e. The molecule has 1 aromatic carbocycles. The van der Waals surface area contributed by atoms with Gasteiger partial charge in [-0.15, -0.1) is 0 Å². The molecule has 1 nitrogen and oxygen atoms in total. The lowest BCUT2D eigenvalue weighted by Crippen LogP contribution is -1.85. The first-order valence-corrected chi connectivity index (χ1v) is 5.55. The Morgan fingerprint density at radius 1 is 1.21 bits per heavy atom. The van der Waals surface area contributed by atoms with Crippen LogP contribution in [-0.2, 0) is 0 Å². The van der Waals surface area contributed by atoms with Crippen LogP contribution in [0.25, 0.3) is 10.9 Å². The van der Waals surface area contributed by atoms with Gasteiger partial charge in [0.05, 0.1) is 9.99 Å². The van der Waals surface area contributed by atoms with Gasteiger partial charge in [-0.05, 0) is 46.6 Å². The van der Waals surface area contributed by atoms with Gasteiger partial charge in [-0.1, -0.05) is 23.2 Å². The highest BCUT2D eigenvalue weighted by Crippen LogP contribution is 2.28. The lowest BCUT2D eigenvalue weighted by atomic mass is 10.1. The summed E-state index contributed by atoms with van der Waals surface area (Å²) < 4.78 is 0.785. The quantitative estimate of drug-likeness (QED) is 0.646. The van der Waals surface area contributed by atoms with E-state index < -0.39 is 0 Å². The summed E-state index contributed by atoms with van der Waals surface area (Å²) in [4.78, 5) is 4.28. The molecule has 0 bridgehead atoms. The van der Waals surface area contributed by atoms with E-state index in [-0.39, 0.29) is 0 Å². The molecule has 0 aliphatic rings. The third kappa shape index (κ3) is 1.74. The van der Waals surface area contributed by atoms with Gasteiger partial charge in [0.15, 0.2) is 0 Å². The summed E-state index contributed by atoms with van der Waals surface area (Å²) in [5.74, 6) is 0. The number of pyridine rings is 1. The minimum absolute atomic E-state index is 0.475. The van der Waals surface area contributed by atoms with Gasteiger partial charge in [-0.25, -0.2) is 4.98 Å². The second-order valence-corrected chi connectivity index (χ2v) is 4.70. The van der Waals surface area contributed by atoms with E-state index in [1.165, 1.54) is 0 Å². The number of aromatic nitrogens is 1. The second kappa shape index (κ2) is 3.69. The molecule has 0 spiro atoms. The SMILES string of the molecule is Cc1cc(Cl)cc2cc(Br)c(Cl)nc12. The molecule has 0 aliphatic heterocycles. The number of aryl methyl sites for hydroxylation is 1. The zero-order chi connectivity index (χ0) is 10.3. The van der Waals surface area contributed by atoms with Crippen molar-refractivity contribution in [2.75, 3.05) is 0 Å². The van der Waals surface area contributed by atoms with Crippen LogP contribution in [0.5, 0.6) is 0 Å². The number of rotatable bonds is 0. The first-order chi connectivity index (χ1) is 6.58. The molecule has 2 aromatic rings. The van der Waals surface area contributed by atoms with Crippen molar-refractivity contribution in [2.45, 2.75) is 6.92 Å². The Labute approximate surface area is 100 Å². The summed E-state index contributed by atoms with van der Waals surface area (Å²) in [5, 5.41) is 2.18. The van der Waals surface area contributed by atoms with Crippen LogP contribution in [0.3, 0.4) is 0 Å². The Hall–Kier alpha value is -0.310. The standard InChI is InChI=1S/C10H6BrCl2N/c1-5-2-7(12)3-6-4-8(11)10(13)14-9(5)6/h2-4H,1H3. The normalized spacial score (nSPS) is 10.9. The van der Waals surface area contributed by atoms with Crippen LogP contribution < -0.4 is 0 Å². The molecule has 0 radical (unpaired) electrons. The minimum Gasteiger partial charge on any atom is -0.235 e. The number of hydrogen-bond donors (Lipinski definition) is 0. The molecule has 0 atom stereocenters. The molecule has 0 amide bonds. The van der Waals surface area contributed by atoms with Gasteiger partial charge in [0.1, 0.15) is 5.15 Å². The predicted octanol–water partition coefficient (Wildman–Crippen LogP) is 4.61. The van der Waals surface area contributed by atoms with Crippen LogP contribution in [0.2, 0.25) is 10.2 Å². The molecule has 0 unspecified atom stereocenters. The maximum atomic E-state index is 5.94. The third-order valence-corrected chi connectivity index (χ3v) is 3.32. The van der Waals surface area contributed by atoms with E-state index in [0.717, 1.165) is 20.9 Å². The lowest BCUT2D eigenvalue weighted by molar-refractivity contribution is 1.35. The molecule has 0 N–H and O–H groups in total. The first kappa shape index (κ1) is 10.2.